The van der Waals surface area contributed by atoms with Gasteiger partial charge in [0.1, 0.15) is 0 Å². The Labute approximate surface area is 112 Å². The molecule has 2 fully saturated rings. The fourth-order valence-electron chi connectivity index (χ4n) is 3.05. The van der Waals surface area contributed by atoms with Gasteiger partial charge in [0.25, 0.3) is 0 Å². The number of likely N-dealkylation sites (N-methyl/N-ethyl adjacent to an activating group) is 2. The molecule has 18 heavy (non-hydrogen) atoms. The van der Waals surface area contributed by atoms with Crippen molar-refractivity contribution in [3.05, 3.63) is 0 Å². The Balaban J connectivity index is 1.71. The van der Waals surface area contributed by atoms with Crippen molar-refractivity contribution in [2.75, 3.05) is 53.4 Å². The molecule has 0 spiro atoms. The lowest BCUT2D eigenvalue weighted by atomic mass is 10.1. The van der Waals surface area contributed by atoms with Gasteiger partial charge in [0.05, 0.1) is 0 Å². The Hall–Kier alpha value is -0.160. The average Bonchev–Trinajstić information content (AvgIpc) is 2.79. The molecular weight excluding hydrogens is 224 g/mol. The van der Waals surface area contributed by atoms with Crippen LogP contribution in [0.3, 0.4) is 0 Å². The van der Waals surface area contributed by atoms with Crippen LogP contribution in [0.15, 0.2) is 0 Å². The Bertz CT molecular complexity index is 256. The Morgan fingerprint density at radius 1 is 1.11 bits per heavy atom. The van der Waals surface area contributed by atoms with Gasteiger partial charge >= 0.3 is 0 Å². The van der Waals surface area contributed by atoms with Crippen LogP contribution in [0.4, 0.5) is 0 Å². The van der Waals surface area contributed by atoms with Crippen LogP contribution in [0, 0.1) is 0 Å². The van der Waals surface area contributed by atoms with Gasteiger partial charge in [0, 0.05) is 50.8 Å². The molecule has 0 aromatic heterocycles. The zero-order valence-corrected chi connectivity index (χ0v) is 12.5. The predicted octanol–water partition coefficient (Wildman–Crippen LogP) is 0.305. The minimum Gasteiger partial charge on any atom is -0.311 e. The van der Waals surface area contributed by atoms with Gasteiger partial charge in [-0.25, -0.2) is 0 Å². The summed E-state index contributed by atoms with van der Waals surface area (Å²) in [6, 6.07) is 2.07. The quantitative estimate of drug-likeness (QED) is 0.779. The highest BCUT2D eigenvalue weighted by Crippen LogP contribution is 2.13. The van der Waals surface area contributed by atoms with Gasteiger partial charge in [-0.3, -0.25) is 9.80 Å². The highest BCUT2D eigenvalue weighted by Gasteiger charge is 2.26. The van der Waals surface area contributed by atoms with E-state index in [0.717, 1.165) is 6.54 Å². The van der Waals surface area contributed by atoms with Crippen LogP contribution in [-0.2, 0) is 0 Å². The summed E-state index contributed by atoms with van der Waals surface area (Å²) in [5.74, 6) is 0. The van der Waals surface area contributed by atoms with Gasteiger partial charge in [-0.2, -0.15) is 0 Å². The molecular formula is C14H30N4. The second-order valence-corrected chi connectivity index (χ2v) is 6.38. The lowest BCUT2D eigenvalue weighted by molar-refractivity contribution is 0.111. The fraction of sp³-hybridized carbons (Fsp3) is 1.00. The van der Waals surface area contributed by atoms with E-state index in [0.29, 0.717) is 18.1 Å². The smallest absolute Gasteiger partial charge is 0.0345 e. The Kier molecular flexibility index (Phi) is 5.01. The molecule has 0 aromatic carbocycles. The maximum absolute atomic E-state index is 3.78. The van der Waals surface area contributed by atoms with E-state index in [1.807, 2.05) is 0 Å². The second kappa shape index (κ2) is 6.33. The van der Waals surface area contributed by atoms with Crippen LogP contribution < -0.4 is 5.32 Å². The van der Waals surface area contributed by atoms with Gasteiger partial charge in [0.2, 0.25) is 0 Å². The van der Waals surface area contributed by atoms with Gasteiger partial charge in [-0.05, 0) is 40.9 Å². The van der Waals surface area contributed by atoms with Crippen LogP contribution in [0.1, 0.15) is 20.3 Å². The zero-order valence-electron chi connectivity index (χ0n) is 12.5. The van der Waals surface area contributed by atoms with Crippen molar-refractivity contribution < 1.29 is 0 Å². The lowest BCUT2D eigenvalue weighted by Gasteiger charge is -2.38. The third-order valence-corrected chi connectivity index (χ3v) is 4.57. The van der Waals surface area contributed by atoms with E-state index in [4.69, 9.17) is 0 Å². The molecule has 2 atom stereocenters. The first kappa shape index (κ1) is 14.3. The third kappa shape index (κ3) is 3.67. The normalized spacial score (nSPS) is 32.5. The molecule has 0 amide bonds. The summed E-state index contributed by atoms with van der Waals surface area (Å²) in [6.07, 6.45) is 1.31. The zero-order chi connectivity index (χ0) is 13.1. The molecule has 4 heteroatoms. The summed E-state index contributed by atoms with van der Waals surface area (Å²) in [4.78, 5) is 7.53. The van der Waals surface area contributed by atoms with E-state index in [2.05, 4.69) is 48.0 Å². The number of nitrogens with one attached hydrogen (secondary N) is 1. The van der Waals surface area contributed by atoms with Crippen LogP contribution in [0.5, 0.6) is 0 Å². The van der Waals surface area contributed by atoms with Crippen molar-refractivity contribution >= 4 is 0 Å². The van der Waals surface area contributed by atoms with Crippen molar-refractivity contribution in [3.63, 3.8) is 0 Å². The molecule has 0 radical (unpaired) electrons. The summed E-state index contributed by atoms with van der Waals surface area (Å²) >= 11 is 0. The van der Waals surface area contributed by atoms with Crippen molar-refractivity contribution in [1.29, 1.82) is 0 Å². The Morgan fingerprint density at radius 3 is 2.56 bits per heavy atom. The Morgan fingerprint density at radius 2 is 1.89 bits per heavy atom. The highest BCUT2D eigenvalue weighted by molar-refractivity contribution is 4.86. The van der Waals surface area contributed by atoms with Crippen LogP contribution in [-0.4, -0.2) is 86.2 Å². The standard InChI is InChI=1S/C14H30N4/c1-12(2)18-6-5-13(10-18)15-9-14-11-16(3)7-8-17(14)4/h12-15H,5-11H2,1-4H3. The maximum atomic E-state index is 3.78. The van der Waals surface area contributed by atoms with Crippen LogP contribution in [0.25, 0.3) is 0 Å². The van der Waals surface area contributed by atoms with Crippen molar-refractivity contribution in [3.8, 4) is 0 Å². The van der Waals surface area contributed by atoms with E-state index in [9.17, 15) is 0 Å². The second-order valence-electron chi connectivity index (χ2n) is 6.38. The van der Waals surface area contributed by atoms with Gasteiger partial charge in [-0.15, -0.1) is 0 Å². The predicted molar refractivity (Wildman–Crippen MR) is 77.0 cm³/mol. The first-order valence-corrected chi connectivity index (χ1v) is 7.42. The largest absolute Gasteiger partial charge is 0.311 e. The van der Waals surface area contributed by atoms with E-state index in [1.54, 1.807) is 0 Å². The number of hydrogen-bond acceptors (Lipinski definition) is 4. The molecule has 0 aromatic rings. The molecule has 1 N–H and O–H groups in total. The summed E-state index contributed by atoms with van der Waals surface area (Å²) < 4.78 is 0. The SMILES string of the molecule is CC(C)N1CCC(NCC2CN(C)CCN2C)C1. The highest BCUT2D eigenvalue weighted by atomic mass is 15.3. The molecule has 0 aliphatic carbocycles. The number of likely N-dealkylation sites (tertiary alicyclic amines) is 1. The molecule has 2 saturated heterocycles. The number of hydrogen-bond donors (Lipinski definition) is 1. The summed E-state index contributed by atoms with van der Waals surface area (Å²) in [5.41, 5.74) is 0. The molecule has 2 unspecified atom stereocenters. The summed E-state index contributed by atoms with van der Waals surface area (Å²) in [7, 11) is 4.49. The average molecular weight is 254 g/mol. The van der Waals surface area contributed by atoms with Gasteiger partial charge in [0.15, 0.2) is 0 Å². The van der Waals surface area contributed by atoms with E-state index >= 15 is 0 Å². The molecule has 2 heterocycles. The van der Waals surface area contributed by atoms with Gasteiger partial charge < -0.3 is 10.2 Å². The van der Waals surface area contributed by atoms with Crippen molar-refractivity contribution in [2.24, 2.45) is 0 Å². The minimum absolute atomic E-state index is 0.678. The molecule has 2 aliphatic rings. The molecule has 4 nitrogen and oxygen atoms in total. The molecule has 2 aliphatic heterocycles. The van der Waals surface area contributed by atoms with E-state index in [-0.39, 0.29) is 0 Å². The fourth-order valence-corrected chi connectivity index (χ4v) is 3.05. The molecule has 106 valence electrons. The van der Waals surface area contributed by atoms with Crippen molar-refractivity contribution in [1.82, 2.24) is 20.0 Å². The first-order chi connectivity index (χ1) is 8.56. The summed E-state index contributed by atoms with van der Waals surface area (Å²) in [6.45, 7) is 11.8. The van der Waals surface area contributed by atoms with Crippen LogP contribution >= 0.6 is 0 Å². The van der Waals surface area contributed by atoms with E-state index < -0.39 is 0 Å². The first-order valence-electron chi connectivity index (χ1n) is 7.42. The van der Waals surface area contributed by atoms with Crippen LogP contribution in [0.2, 0.25) is 0 Å². The van der Waals surface area contributed by atoms with E-state index in [1.165, 1.54) is 39.1 Å². The summed E-state index contributed by atoms with van der Waals surface area (Å²) in [5, 5.41) is 3.78. The van der Waals surface area contributed by atoms with Gasteiger partial charge in [-0.1, -0.05) is 0 Å². The minimum atomic E-state index is 0.678. The number of piperazine rings is 1. The topological polar surface area (TPSA) is 21.8 Å². The maximum Gasteiger partial charge on any atom is 0.0345 e. The number of nitrogens with zero attached hydrogens (tertiary/aromatic N) is 3. The molecule has 2 rings (SSSR count). The monoisotopic (exact) mass is 254 g/mol. The molecule has 0 saturated carbocycles. The lowest BCUT2D eigenvalue weighted by Crippen LogP contribution is -2.55. The number of rotatable bonds is 4. The molecule has 0 bridgehead atoms. The third-order valence-electron chi connectivity index (χ3n) is 4.57. The van der Waals surface area contributed by atoms with Crippen molar-refractivity contribution in [2.45, 2.75) is 38.4 Å².